The van der Waals surface area contributed by atoms with Crippen molar-refractivity contribution in [1.29, 1.82) is 0 Å². The zero-order chi connectivity index (χ0) is 6.85. The summed E-state index contributed by atoms with van der Waals surface area (Å²) in [6.45, 7) is 1.79. The molecule has 1 aliphatic heterocycles. The summed E-state index contributed by atoms with van der Waals surface area (Å²) >= 11 is 4.97. The summed E-state index contributed by atoms with van der Waals surface area (Å²) in [6, 6.07) is 0. The SMILES string of the molecule is CN1CNC(=S)N(C)C1. The molecule has 1 rings (SSSR count). The third-order valence-electron chi connectivity index (χ3n) is 1.30. The van der Waals surface area contributed by atoms with Crippen molar-refractivity contribution >= 4 is 17.3 Å². The van der Waals surface area contributed by atoms with Gasteiger partial charge in [0.2, 0.25) is 0 Å². The minimum absolute atomic E-state index is 0.841. The van der Waals surface area contributed by atoms with E-state index in [1.165, 1.54) is 0 Å². The van der Waals surface area contributed by atoms with E-state index in [1.807, 2.05) is 19.0 Å². The van der Waals surface area contributed by atoms with Crippen molar-refractivity contribution in [3.63, 3.8) is 0 Å². The standard InChI is InChI=1S/C5H11N3S/c1-7-3-6-5(9)8(2)4-7/h3-4H2,1-2H3,(H,6,9). The molecule has 0 spiro atoms. The predicted octanol–water partition coefficient (Wildman–Crippen LogP) is -0.347. The highest BCUT2D eigenvalue weighted by molar-refractivity contribution is 7.80. The second-order valence-electron chi connectivity index (χ2n) is 2.34. The van der Waals surface area contributed by atoms with Crippen molar-refractivity contribution in [3.8, 4) is 0 Å². The Morgan fingerprint density at radius 2 is 2.22 bits per heavy atom. The van der Waals surface area contributed by atoms with Crippen LogP contribution in [0.3, 0.4) is 0 Å². The van der Waals surface area contributed by atoms with Crippen molar-refractivity contribution in [3.05, 3.63) is 0 Å². The molecule has 9 heavy (non-hydrogen) atoms. The molecule has 0 amide bonds. The molecular weight excluding hydrogens is 134 g/mol. The Hall–Kier alpha value is -0.350. The highest BCUT2D eigenvalue weighted by Crippen LogP contribution is 1.93. The fourth-order valence-corrected chi connectivity index (χ4v) is 0.936. The molecule has 1 heterocycles. The Bertz CT molecular complexity index is 125. The van der Waals surface area contributed by atoms with E-state index >= 15 is 0 Å². The van der Waals surface area contributed by atoms with Crippen LogP contribution < -0.4 is 5.32 Å². The summed E-state index contributed by atoms with van der Waals surface area (Å²) in [5, 5.41) is 3.91. The molecular formula is C5H11N3S. The second-order valence-corrected chi connectivity index (χ2v) is 2.72. The van der Waals surface area contributed by atoms with Gasteiger partial charge in [0.1, 0.15) is 0 Å². The normalized spacial score (nSPS) is 22.0. The molecule has 0 radical (unpaired) electrons. The Labute approximate surface area is 60.6 Å². The first-order valence-electron chi connectivity index (χ1n) is 2.87. The molecule has 0 aliphatic carbocycles. The van der Waals surface area contributed by atoms with E-state index in [9.17, 15) is 0 Å². The van der Waals surface area contributed by atoms with Gasteiger partial charge in [-0.2, -0.15) is 0 Å². The monoisotopic (exact) mass is 145 g/mol. The van der Waals surface area contributed by atoms with Crippen LogP contribution in [0.1, 0.15) is 0 Å². The zero-order valence-corrected chi connectivity index (χ0v) is 6.53. The minimum atomic E-state index is 0.841. The largest absolute Gasteiger partial charge is 0.350 e. The highest BCUT2D eigenvalue weighted by atomic mass is 32.1. The Morgan fingerprint density at radius 3 is 2.67 bits per heavy atom. The lowest BCUT2D eigenvalue weighted by molar-refractivity contribution is 0.208. The molecule has 1 N–H and O–H groups in total. The molecule has 1 fully saturated rings. The molecule has 52 valence electrons. The molecule has 0 bridgehead atoms. The summed E-state index contributed by atoms with van der Waals surface area (Å²) in [7, 11) is 4.02. The van der Waals surface area contributed by atoms with Crippen LogP contribution in [0.5, 0.6) is 0 Å². The number of hydrogen-bond donors (Lipinski definition) is 1. The fourth-order valence-electron chi connectivity index (χ4n) is 0.814. The van der Waals surface area contributed by atoms with Crippen LogP contribution in [0.25, 0.3) is 0 Å². The third kappa shape index (κ3) is 1.53. The van der Waals surface area contributed by atoms with Gasteiger partial charge in [-0.25, -0.2) is 0 Å². The van der Waals surface area contributed by atoms with Crippen LogP contribution in [0.4, 0.5) is 0 Å². The number of rotatable bonds is 0. The average Bonchev–Trinajstić information content (AvgIpc) is 1.80. The first-order chi connectivity index (χ1) is 4.20. The van der Waals surface area contributed by atoms with E-state index in [4.69, 9.17) is 12.2 Å². The zero-order valence-electron chi connectivity index (χ0n) is 5.72. The van der Waals surface area contributed by atoms with Gasteiger partial charge in [-0.3, -0.25) is 4.90 Å². The molecule has 0 atom stereocenters. The first kappa shape index (κ1) is 6.77. The van der Waals surface area contributed by atoms with Gasteiger partial charge < -0.3 is 10.2 Å². The number of hydrogen-bond acceptors (Lipinski definition) is 2. The molecule has 4 heteroatoms. The van der Waals surface area contributed by atoms with Crippen LogP contribution in [-0.4, -0.2) is 42.3 Å². The van der Waals surface area contributed by atoms with Gasteiger partial charge in [0.25, 0.3) is 0 Å². The van der Waals surface area contributed by atoms with E-state index < -0.39 is 0 Å². The van der Waals surface area contributed by atoms with E-state index in [2.05, 4.69) is 10.2 Å². The maximum absolute atomic E-state index is 4.97. The van der Waals surface area contributed by atoms with Gasteiger partial charge in [-0.05, 0) is 19.3 Å². The van der Waals surface area contributed by atoms with Gasteiger partial charge in [-0.15, -0.1) is 0 Å². The van der Waals surface area contributed by atoms with E-state index in [1.54, 1.807) is 0 Å². The summed E-state index contributed by atoms with van der Waals surface area (Å²) in [4.78, 5) is 4.15. The van der Waals surface area contributed by atoms with Crippen molar-refractivity contribution < 1.29 is 0 Å². The Morgan fingerprint density at radius 1 is 1.56 bits per heavy atom. The van der Waals surface area contributed by atoms with Gasteiger partial charge in [-0.1, -0.05) is 0 Å². The van der Waals surface area contributed by atoms with E-state index in [0.29, 0.717) is 0 Å². The second kappa shape index (κ2) is 2.49. The van der Waals surface area contributed by atoms with Gasteiger partial charge >= 0.3 is 0 Å². The van der Waals surface area contributed by atoms with Crippen LogP contribution in [0.2, 0.25) is 0 Å². The molecule has 0 aromatic carbocycles. The van der Waals surface area contributed by atoms with Gasteiger partial charge in [0.15, 0.2) is 5.11 Å². The minimum Gasteiger partial charge on any atom is -0.350 e. The molecule has 0 unspecified atom stereocenters. The summed E-state index contributed by atoms with van der Waals surface area (Å²) < 4.78 is 0. The lowest BCUT2D eigenvalue weighted by atomic mass is 10.6. The van der Waals surface area contributed by atoms with Crippen LogP contribution in [-0.2, 0) is 0 Å². The topological polar surface area (TPSA) is 18.5 Å². The Kier molecular flexibility index (Phi) is 1.87. The van der Waals surface area contributed by atoms with Crippen LogP contribution in [0.15, 0.2) is 0 Å². The molecule has 1 saturated heterocycles. The van der Waals surface area contributed by atoms with Crippen molar-refractivity contribution in [2.75, 3.05) is 27.4 Å². The van der Waals surface area contributed by atoms with E-state index in [-0.39, 0.29) is 0 Å². The van der Waals surface area contributed by atoms with Crippen molar-refractivity contribution in [1.82, 2.24) is 15.1 Å². The molecule has 3 nitrogen and oxygen atoms in total. The smallest absolute Gasteiger partial charge is 0.170 e. The summed E-state index contributed by atoms with van der Waals surface area (Å²) in [5.41, 5.74) is 0. The van der Waals surface area contributed by atoms with Gasteiger partial charge in [0.05, 0.1) is 13.3 Å². The maximum atomic E-state index is 4.97. The molecule has 0 aromatic rings. The van der Waals surface area contributed by atoms with E-state index in [0.717, 1.165) is 18.4 Å². The third-order valence-corrected chi connectivity index (χ3v) is 1.76. The highest BCUT2D eigenvalue weighted by Gasteiger charge is 2.11. The quantitative estimate of drug-likeness (QED) is 0.470. The van der Waals surface area contributed by atoms with Crippen LogP contribution >= 0.6 is 12.2 Å². The van der Waals surface area contributed by atoms with Gasteiger partial charge in [0, 0.05) is 7.05 Å². The lowest BCUT2D eigenvalue weighted by Gasteiger charge is -2.32. The van der Waals surface area contributed by atoms with Crippen molar-refractivity contribution in [2.24, 2.45) is 0 Å². The lowest BCUT2D eigenvalue weighted by Crippen LogP contribution is -2.52. The average molecular weight is 145 g/mol. The number of nitrogens with zero attached hydrogens (tertiary/aromatic N) is 2. The molecule has 0 saturated carbocycles. The first-order valence-corrected chi connectivity index (χ1v) is 3.28. The van der Waals surface area contributed by atoms with Crippen molar-refractivity contribution in [2.45, 2.75) is 0 Å². The summed E-state index contributed by atoms with van der Waals surface area (Å²) in [6.07, 6.45) is 0. The maximum Gasteiger partial charge on any atom is 0.170 e. The number of nitrogens with one attached hydrogen (secondary N) is 1. The fraction of sp³-hybridized carbons (Fsp3) is 0.800. The summed E-state index contributed by atoms with van der Waals surface area (Å²) in [5.74, 6) is 0. The predicted molar refractivity (Wildman–Crippen MR) is 41.0 cm³/mol. The molecule has 0 aromatic heterocycles. The molecule has 1 aliphatic rings. The van der Waals surface area contributed by atoms with Crippen LogP contribution in [0, 0.1) is 0 Å². The number of thiocarbonyl (C=S) groups is 1. The Balaban J connectivity index is 2.44.